The Balaban J connectivity index is 2.31. The Kier molecular flexibility index (Phi) is 3.65. The lowest BCUT2D eigenvalue weighted by Crippen LogP contribution is -2.15. The van der Waals surface area contributed by atoms with Crippen molar-refractivity contribution in [2.75, 3.05) is 5.32 Å². The minimum atomic E-state index is -0.366. The predicted octanol–water partition coefficient (Wildman–Crippen LogP) is 4.00. The number of hydrogen-bond donors (Lipinski definition) is 1. The van der Waals surface area contributed by atoms with Crippen LogP contribution in [0.4, 0.5) is 10.1 Å². The van der Waals surface area contributed by atoms with E-state index in [4.69, 9.17) is 0 Å². The lowest BCUT2D eigenvalue weighted by molar-refractivity contribution is 0.102. The largest absolute Gasteiger partial charge is 0.322 e. The molecular formula is C16H16FNO. The topological polar surface area (TPSA) is 29.1 Å². The molecule has 0 spiro atoms. The first-order valence-corrected chi connectivity index (χ1v) is 6.12. The Morgan fingerprint density at radius 2 is 1.68 bits per heavy atom. The van der Waals surface area contributed by atoms with E-state index in [0.717, 1.165) is 16.7 Å². The van der Waals surface area contributed by atoms with Crippen molar-refractivity contribution in [2.45, 2.75) is 20.8 Å². The SMILES string of the molecule is Cc1cc(C)c(C(=O)Nc2cccc(F)c2)c(C)c1. The second-order valence-corrected chi connectivity index (χ2v) is 4.74. The van der Waals surface area contributed by atoms with Crippen molar-refractivity contribution in [3.8, 4) is 0 Å². The van der Waals surface area contributed by atoms with Gasteiger partial charge in [-0.25, -0.2) is 4.39 Å². The van der Waals surface area contributed by atoms with Gasteiger partial charge in [0.05, 0.1) is 0 Å². The number of rotatable bonds is 2. The fourth-order valence-corrected chi connectivity index (χ4v) is 2.30. The highest BCUT2D eigenvalue weighted by Gasteiger charge is 2.13. The van der Waals surface area contributed by atoms with Crippen LogP contribution in [0.2, 0.25) is 0 Å². The second kappa shape index (κ2) is 5.22. The van der Waals surface area contributed by atoms with Crippen LogP contribution in [-0.4, -0.2) is 5.91 Å². The molecule has 2 aromatic carbocycles. The van der Waals surface area contributed by atoms with Crippen LogP contribution in [0, 0.1) is 26.6 Å². The van der Waals surface area contributed by atoms with E-state index in [2.05, 4.69) is 5.32 Å². The third kappa shape index (κ3) is 2.99. The number of amides is 1. The molecule has 1 amide bonds. The van der Waals surface area contributed by atoms with Gasteiger partial charge in [0.15, 0.2) is 0 Å². The molecule has 2 rings (SSSR count). The molecule has 98 valence electrons. The van der Waals surface area contributed by atoms with Crippen LogP contribution in [0.1, 0.15) is 27.0 Å². The van der Waals surface area contributed by atoms with Gasteiger partial charge in [-0.05, 0) is 50.1 Å². The quantitative estimate of drug-likeness (QED) is 0.865. The summed E-state index contributed by atoms with van der Waals surface area (Å²) >= 11 is 0. The minimum absolute atomic E-state index is 0.208. The van der Waals surface area contributed by atoms with Gasteiger partial charge in [0.25, 0.3) is 5.91 Å². The number of carbonyl (C=O) groups is 1. The molecule has 0 aliphatic carbocycles. The highest BCUT2D eigenvalue weighted by molar-refractivity contribution is 6.06. The zero-order chi connectivity index (χ0) is 14.0. The molecular weight excluding hydrogens is 241 g/mol. The maximum atomic E-state index is 13.1. The highest BCUT2D eigenvalue weighted by Crippen LogP contribution is 2.18. The lowest BCUT2D eigenvalue weighted by Gasteiger charge is -2.11. The maximum Gasteiger partial charge on any atom is 0.256 e. The minimum Gasteiger partial charge on any atom is -0.322 e. The van der Waals surface area contributed by atoms with Gasteiger partial charge in [0, 0.05) is 11.3 Å². The highest BCUT2D eigenvalue weighted by atomic mass is 19.1. The molecule has 0 heterocycles. The average molecular weight is 257 g/mol. The zero-order valence-electron chi connectivity index (χ0n) is 11.3. The van der Waals surface area contributed by atoms with Crippen LogP contribution in [0.15, 0.2) is 36.4 Å². The summed E-state index contributed by atoms with van der Waals surface area (Å²) in [6.07, 6.45) is 0. The van der Waals surface area contributed by atoms with Crippen LogP contribution >= 0.6 is 0 Å². The Bertz CT molecular complexity index is 611. The van der Waals surface area contributed by atoms with E-state index < -0.39 is 0 Å². The van der Waals surface area contributed by atoms with Crippen LogP contribution in [-0.2, 0) is 0 Å². The van der Waals surface area contributed by atoms with Crippen molar-refractivity contribution in [2.24, 2.45) is 0 Å². The smallest absolute Gasteiger partial charge is 0.256 e. The number of aryl methyl sites for hydroxylation is 3. The van der Waals surface area contributed by atoms with Gasteiger partial charge in [0.1, 0.15) is 5.82 Å². The molecule has 1 N–H and O–H groups in total. The molecule has 0 saturated carbocycles. The van der Waals surface area contributed by atoms with Gasteiger partial charge in [-0.2, -0.15) is 0 Å². The predicted molar refractivity (Wildman–Crippen MR) is 75.0 cm³/mol. The van der Waals surface area contributed by atoms with Gasteiger partial charge in [0.2, 0.25) is 0 Å². The van der Waals surface area contributed by atoms with Crippen molar-refractivity contribution in [1.29, 1.82) is 0 Å². The van der Waals surface area contributed by atoms with Crippen molar-refractivity contribution < 1.29 is 9.18 Å². The van der Waals surface area contributed by atoms with E-state index >= 15 is 0 Å². The molecule has 0 aromatic heterocycles. The van der Waals surface area contributed by atoms with E-state index in [0.29, 0.717) is 11.3 Å². The molecule has 0 saturated heterocycles. The van der Waals surface area contributed by atoms with Gasteiger partial charge in [-0.1, -0.05) is 23.8 Å². The van der Waals surface area contributed by atoms with Crippen LogP contribution in [0.25, 0.3) is 0 Å². The second-order valence-electron chi connectivity index (χ2n) is 4.74. The molecule has 3 heteroatoms. The molecule has 0 aliphatic heterocycles. The molecule has 0 unspecified atom stereocenters. The Hall–Kier alpha value is -2.16. The summed E-state index contributed by atoms with van der Waals surface area (Å²) < 4.78 is 13.1. The first kappa shape index (κ1) is 13.3. The van der Waals surface area contributed by atoms with Crippen molar-refractivity contribution >= 4 is 11.6 Å². The summed E-state index contributed by atoms with van der Waals surface area (Å²) in [6.45, 7) is 5.80. The van der Waals surface area contributed by atoms with E-state index in [1.807, 2.05) is 32.9 Å². The molecule has 0 aliphatic rings. The van der Waals surface area contributed by atoms with Gasteiger partial charge >= 0.3 is 0 Å². The summed E-state index contributed by atoms with van der Waals surface area (Å²) in [4.78, 5) is 12.2. The molecule has 2 nitrogen and oxygen atoms in total. The Morgan fingerprint density at radius 1 is 1.05 bits per heavy atom. The van der Waals surface area contributed by atoms with E-state index in [1.165, 1.54) is 12.1 Å². The lowest BCUT2D eigenvalue weighted by atomic mass is 9.99. The molecule has 0 atom stereocenters. The van der Waals surface area contributed by atoms with Crippen molar-refractivity contribution in [3.63, 3.8) is 0 Å². The van der Waals surface area contributed by atoms with Gasteiger partial charge in [-0.3, -0.25) is 4.79 Å². The summed E-state index contributed by atoms with van der Waals surface area (Å²) in [6, 6.07) is 9.81. The number of hydrogen-bond acceptors (Lipinski definition) is 1. The Labute approximate surface area is 112 Å². The summed E-state index contributed by atoms with van der Waals surface area (Å²) in [5, 5.41) is 2.72. The number of carbonyl (C=O) groups excluding carboxylic acids is 1. The normalized spacial score (nSPS) is 10.3. The fraction of sp³-hybridized carbons (Fsp3) is 0.188. The van der Waals surface area contributed by atoms with E-state index in [9.17, 15) is 9.18 Å². The monoisotopic (exact) mass is 257 g/mol. The van der Waals surface area contributed by atoms with Crippen molar-refractivity contribution in [1.82, 2.24) is 0 Å². The van der Waals surface area contributed by atoms with Crippen LogP contribution in [0.5, 0.6) is 0 Å². The molecule has 0 fully saturated rings. The van der Waals surface area contributed by atoms with Gasteiger partial charge in [-0.15, -0.1) is 0 Å². The van der Waals surface area contributed by atoms with Crippen LogP contribution < -0.4 is 5.32 Å². The van der Waals surface area contributed by atoms with Crippen LogP contribution in [0.3, 0.4) is 0 Å². The number of nitrogens with one attached hydrogen (secondary N) is 1. The number of anilines is 1. The third-order valence-corrected chi connectivity index (χ3v) is 2.99. The molecule has 0 radical (unpaired) electrons. The standard InChI is InChI=1S/C16H16FNO/c1-10-7-11(2)15(12(3)8-10)16(19)18-14-6-4-5-13(17)9-14/h4-9H,1-3H3,(H,18,19). The first-order chi connectivity index (χ1) is 8.97. The molecule has 2 aromatic rings. The fourth-order valence-electron chi connectivity index (χ4n) is 2.30. The van der Waals surface area contributed by atoms with Gasteiger partial charge < -0.3 is 5.32 Å². The Morgan fingerprint density at radius 3 is 2.26 bits per heavy atom. The summed E-state index contributed by atoms with van der Waals surface area (Å²) in [5.74, 6) is -0.573. The summed E-state index contributed by atoms with van der Waals surface area (Å²) in [5.41, 5.74) is 4.08. The third-order valence-electron chi connectivity index (χ3n) is 2.99. The first-order valence-electron chi connectivity index (χ1n) is 6.12. The number of benzene rings is 2. The summed E-state index contributed by atoms with van der Waals surface area (Å²) in [7, 11) is 0. The number of halogens is 1. The van der Waals surface area contributed by atoms with E-state index in [-0.39, 0.29) is 11.7 Å². The average Bonchev–Trinajstić information content (AvgIpc) is 2.27. The molecule has 19 heavy (non-hydrogen) atoms. The zero-order valence-corrected chi connectivity index (χ0v) is 11.3. The van der Waals surface area contributed by atoms with Crippen molar-refractivity contribution in [3.05, 3.63) is 64.5 Å². The maximum absolute atomic E-state index is 13.1. The molecule has 0 bridgehead atoms. The van der Waals surface area contributed by atoms with E-state index in [1.54, 1.807) is 12.1 Å².